The highest BCUT2D eigenvalue weighted by Crippen LogP contribution is 2.41. The summed E-state index contributed by atoms with van der Waals surface area (Å²) >= 11 is 2.74. The van der Waals surface area contributed by atoms with Gasteiger partial charge < -0.3 is 14.8 Å². The van der Waals surface area contributed by atoms with Crippen LogP contribution in [0, 0.1) is 5.92 Å². The monoisotopic (exact) mass is 463 g/mol. The topological polar surface area (TPSA) is 90.4 Å². The van der Waals surface area contributed by atoms with Crippen molar-refractivity contribution in [3.8, 4) is 5.88 Å². The van der Waals surface area contributed by atoms with E-state index in [9.17, 15) is 9.59 Å². The molecule has 0 fully saturated rings. The Hall–Kier alpha value is -2.13. The second-order valence-corrected chi connectivity index (χ2v) is 9.36. The quantitative estimate of drug-likeness (QED) is 0.309. The van der Waals surface area contributed by atoms with Gasteiger partial charge in [-0.3, -0.25) is 4.79 Å². The third-order valence-corrected chi connectivity index (χ3v) is 7.10. The zero-order chi connectivity index (χ0) is 22.2. The Morgan fingerprint density at radius 2 is 2.16 bits per heavy atom. The number of esters is 1. The number of fused-ring (bicyclic) bond motifs is 1. The number of carbonyl (C=O) groups is 2. The van der Waals surface area contributed by atoms with Gasteiger partial charge in [0.1, 0.15) is 5.00 Å². The van der Waals surface area contributed by atoms with E-state index in [1.165, 1.54) is 28.0 Å². The molecule has 0 aliphatic heterocycles. The maximum absolute atomic E-state index is 12.6. The lowest BCUT2D eigenvalue weighted by Crippen LogP contribution is -2.18. The smallest absolute Gasteiger partial charge is 0.341 e. The van der Waals surface area contributed by atoms with Crippen LogP contribution in [0.3, 0.4) is 0 Å². The number of anilines is 1. The summed E-state index contributed by atoms with van der Waals surface area (Å²) in [7, 11) is 0. The van der Waals surface area contributed by atoms with E-state index in [4.69, 9.17) is 9.47 Å². The molecule has 7 nitrogen and oxygen atoms in total. The van der Waals surface area contributed by atoms with E-state index in [0.717, 1.165) is 37.7 Å². The van der Waals surface area contributed by atoms with Gasteiger partial charge >= 0.3 is 5.97 Å². The van der Waals surface area contributed by atoms with Crippen molar-refractivity contribution in [3.63, 3.8) is 0 Å². The predicted molar refractivity (Wildman–Crippen MR) is 123 cm³/mol. The van der Waals surface area contributed by atoms with Crippen LogP contribution < -0.4 is 10.1 Å². The van der Waals surface area contributed by atoms with Gasteiger partial charge in [0.15, 0.2) is 5.16 Å². The van der Waals surface area contributed by atoms with Crippen LogP contribution in [-0.2, 0) is 22.4 Å². The maximum Gasteiger partial charge on any atom is 0.341 e. The molecule has 1 atom stereocenters. The molecule has 1 amide bonds. The van der Waals surface area contributed by atoms with Crippen molar-refractivity contribution in [1.29, 1.82) is 0 Å². The van der Waals surface area contributed by atoms with Gasteiger partial charge in [0.05, 0.1) is 24.5 Å². The minimum absolute atomic E-state index is 0.139. The molecule has 31 heavy (non-hydrogen) atoms. The van der Waals surface area contributed by atoms with Crippen molar-refractivity contribution in [3.05, 3.63) is 28.3 Å². The molecule has 0 unspecified atom stereocenters. The molecule has 2 aromatic rings. The first-order valence-electron chi connectivity index (χ1n) is 10.8. The Bertz CT molecular complexity index is 916. The SMILES string of the molecule is CCCOc1ccnc(SCC(=O)Nc2sc3c(c2C(=O)OCC)CC[C@H](CC)C3)n1. The second-order valence-electron chi connectivity index (χ2n) is 7.31. The average Bonchev–Trinajstić information content (AvgIpc) is 3.13. The van der Waals surface area contributed by atoms with Crippen LogP contribution in [0.15, 0.2) is 17.4 Å². The molecule has 0 saturated carbocycles. The van der Waals surface area contributed by atoms with Crippen LogP contribution >= 0.6 is 23.1 Å². The standard InChI is InChI=1S/C22H29N3O4S2/c1-4-11-29-18-9-10-23-22(25-18)30-13-17(26)24-20-19(21(27)28-6-3)15-8-7-14(5-2)12-16(15)31-20/h9-10,14H,4-8,11-13H2,1-3H3,(H,24,26)/t14-/m0/s1. The predicted octanol–water partition coefficient (Wildman–Crippen LogP) is 4.75. The van der Waals surface area contributed by atoms with Crippen molar-refractivity contribution < 1.29 is 19.1 Å². The molecule has 0 spiro atoms. The first-order chi connectivity index (χ1) is 15.0. The Balaban J connectivity index is 1.69. The number of hydrogen-bond acceptors (Lipinski definition) is 8. The molecule has 2 aromatic heterocycles. The summed E-state index contributed by atoms with van der Waals surface area (Å²) in [6.07, 6.45) is 6.48. The zero-order valence-electron chi connectivity index (χ0n) is 18.2. The van der Waals surface area contributed by atoms with Crippen LogP contribution in [0.25, 0.3) is 0 Å². The van der Waals surface area contributed by atoms with Crippen LogP contribution in [0.4, 0.5) is 5.00 Å². The van der Waals surface area contributed by atoms with Crippen LogP contribution in [0.1, 0.15) is 60.8 Å². The Morgan fingerprint density at radius 3 is 2.90 bits per heavy atom. The van der Waals surface area contributed by atoms with Gasteiger partial charge in [0, 0.05) is 17.1 Å². The third-order valence-electron chi connectivity index (χ3n) is 5.07. The number of carbonyl (C=O) groups excluding carboxylic acids is 2. The number of aromatic nitrogens is 2. The van der Waals surface area contributed by atoms with E-state index in [0.29, 0.717) is 40.7 Å². The summed E-state index contributed by atoms with van der Waals surface area (Å²) in [5.74, 6) is 0.701. The van der Waals surface area contributed by atoms with Crippen molar-refractivity contribution in [2.45, 2.75) is 58.0 Å². The summed E-state index contributed by atoms with van der Waals surface area (Å²) in [6.45, 7) is 6.89. The Labute approximate surface area is 191 Å². The summed E-state index contributed by atoms with van der Waals surface area (Å²) in [5, 5.41) is 4.00. The van der Waals surface area contributed by atoms with E-state index < -0.39 is 0 Å². The van der Waals surface area contributed by atoms with E-state index in [2.05, 4.69) is 22.2 Å². The fraction of sp³-hybridized carbons (Fsp3) is 0.545. The summed E-state index contributed by atoms with van der Waals surface area (Å²) in [4.78, 5) is 35.0. The Morgan fingerprint density at radius 1 is 1.32 bits per heavy atom. The fourth-order valence-corrected chi connectivity index (χ4v) is 5.47. The van der Waals surface area contributed by atoms with Gasteiger partial charge in [-0.15, -0.1) is 11.3 Å². The maximum atomic E-state index is 12.6. The molecule has 1 aliphatic carbocycles. The number of rotatable bonds is 10. The van der Waals surface area contributed by atoms with E-state index in [1.807, 2.05) is 6.92 Å². The minimum atomic E-state index is -0.359. The molecule has 0 radical (unpaired) electrons. The normalized spacial score (nSPS) is 15.3. The number of nitrogens with one attached hydrogen (secondary N) is 1. The van der Waals surface area contributed by atoms with Crippen LogP contribution in [0.5, 0.6) is 5.88 Å². The summed E-state index contributed by atoms with van der Waals surface area (Å²) in [6, 6.07) is 1.70. The van der Waals surface area contributed by atoms with Crippen molar-refractivity contribution >= 4 is 40.0 Å². The zero-order valence-corrected chi connectivity index (χ0v) is 19.9. The molecular weight excluding hydrogens is 434 g/mol. The molecule has 2 heterocycles. The largest absolute Gasteiger partial charge is 0.478 e. The number of thioether (sulfide) groups is 1. The van der Waals surface area contributed by atoms with Crippen molar-refractivity contribution in [1.82, 2.24) is 9.97 Å². The van der Waals surface area contributed by atoms with E-state index in [-0.39, 0.29) is 17.6 Å². The van der Waals surface area contributed by atoms with Gasteiger partial charge in [-0.25, -0.2) is 9.78 Å². The highest BCUT2D eigenvalue weighted by Gasteiger charge is 2.29. The van der Waals surface area contributed by atoms with Gasteiger partial charge in [0.25, 0.3) is 0 Å². The number of nitrogens with zero attached hydrogens (tertiary/aromatic N) is 2. The van der Waals surface area contributed by atoms with Crippen LogP contribution in [0.2, 0.25) is 0 Å². The minimum Gasteiger partial charge on any atom is -0.478 e. The lowest BCUT2D eigenvalue weighted by Gasteiger charge is -2.20. The molecule has 0 bridgehead atoms. The van der Waals surface area contributed by atoms with Gasteiger partial charge in [-0.1, -0.05) is 32.0 Å². The Kier molecular flexibility index (Phi) is 8.71. The van der Waals surface area contributed by atoms with Crippen molar-refractivity contribution in [2.75, 3.05) is 24.3 Å². The number of thiophene rings is 1. The highest BCUT2D eigenvalue weighted by atomic mass is 32.2. The molecule has 1 aliphatic rings. The van der Waals surface area contributed by atoms with Gasteiger partial charge in [-0.2, -0.15) is 4.98 Å². The van der Waals surface area contributed by atoms with Crippen LogP contribution in [-0.4, -0.2) is 40.8 Å². The molecule has 168 valence electrons. The highest BCUT2D eigenvalue weighted by molar-refractivity contribution is 7.99. The third kappa shape index (κ3) is 6.20. The van der Waals surface area contributed by atoms with Gasteiger partial charge in [0.2, 0.25) is 11.8 Å². The van der Waals surface area contributed by atoms with Crippen molar-refractivity contribution in [2.24, 2.45) is 5.92 Å². The fourth-order valence-electron chi connectivity index (χ4n) is 3.48. The molecule has 1 N–H and O–H groups in total. The molecule has 0 aromatic carbocycles. The molecular formula is C22H29N3O4S2. The number of hydrogen-bond donors (Lipinski definition) is 1. The van der Waals surface area contributed by atoms with Gasteiger partial charge in [-0.05, 0) is 44.1 Å². The molecule has 0 saturated heterocycles. The van der Waals surface area contributed by atoms with E-state index >= 15 is 0 Å². The average molecular weight is 464 g/mol. The summed E-state index contributed by atoms with van der Waals surface area (Å²) < 4.78 is 10.8. The number of ether oxygens (including phenoxy) is 2. The lowest BCUT2D eigenvalue weighted by atomic mass is 9.85. The molecule has 3 rings (SSSR count). The second kappa shape index (κ2) is 11.5. The number of amides is 1. The first-order valence-corrected chi connectivity index (χ1v) is 12.6. The summed E-state index contributed by atoms with van der Waals surface area (Å²) in [5.41, 5.74) is 1.57. The van der Waals surface area contributed by atoms with E-state index in [1.54, 1.807) is 19.2 Å². The molecule has 9 heteroatoms. The lowest BCUT2D eigenvalue weighted by molar-refractivity contribution is -0.113. The first kappa shape index (κ1) is 23.5.